The molecule has 2 rings (SSSR count). The second-order valence-corrected chi connectivity index (χ2v) is 4.85. The highest BCUT2D eigenvalue weighted by Crippen LogP contribution is 2.61. The Bertz CT molecular complexity index is 490. The van der Waals surface area contributed by atoms with Gasteiger partial charge >= 0.3 is 0 Å². The molecule has 0 aromatic heterocycles. The van der Waals surface area contributed by atoms with Crippen molar-refractivity contribution >= 4 is 0 Å². The first kappa shape index (κ1) is 11.8. The van der Waals surface area contributed by atoms with Crippen LogP contribution in [0.5, 0.6) is 11.5 Å². The van der Waals surface area contributed by atoms with Gasteiger partial charge in [0, 0.05) is 17.5 Å². The van der Waals surface area contributed by atoms with Gasteiger partial charge in [-0.15, -0.1) is 0 Å². The van der Waals surface area contributed by atoms with Crippen LogP contribution in [0.15, 0.2) is 12.1 Å². The Labute approximate surface area is 102 Å². The van der Waals surface area contributed by atoms with Crippen molar-refractivity contribution in [3.8, 4) is 17.6 Å². The molecule has 2 atom stereocenters. The molecule has 0 bridgehead atoms. The summed E-state index contributed by atoms with van der Waals surface area (Å²) in [5.41, 5.74) is 2.05. The zero-order valence-corrected chi connectivity index (χ0v) is 10.7. The maximum Gasteiger partial charge on any atom is 0.126 e. The van der Waals surface area contributed by atoms with Crippen molar-refractivity contribution in [3.63, 3.8) is 0 Å². The summed E-state index contributed by atoms with van der Waals surface area (Å²) < 4.78 is 10.6. The van der Waals surface area contributed by atoms with Crippen LogP contribution in [0.25, 0.3) is 0 Å². The van der Waals surface area contributed by atoms with Gasteiger partial charge in [-0.1, -0.05) is 0 Å². The number of methoxy groups -OCH3 is 2. The third-order valence-electron chi connectivity index (χ3n) is 3.62. The number of hydrogen-bond donors (Lipinski definition) is 0. The van der Waals surface area contributed by atoms with Crippen LogP contribution in [-0.4, -0.2) is 14.2 Å². The highest BCUT2D eigenvalue weighted by molar-refractivity contribution is 5.52. The Kier molecular flexibility index (Phi) is 2.74. The van der Waals surface area contributed by atoms with Crippen molar-refractivity contribution in [2.24, 2.45) is 5.41 Å². The van der Waals surface area contributed by atoms with Gasteiger partial charge in [0.1, 0.15) is 11.5 Å². The second-order valence-electron chi connectivity index (χ2n) is 4.85. The molecule has 0 amide bonds. The molecule has 3 heteroatoms. The van der Waals surface area contributed by atoms with Crippen LogP contribution in [0.2, 0.25) is 0 Å². The Morgan fingerprint density at radius 2 is 2.06 bits per heavy atom. The van der Waals surface area contributed by atoms with Crippen LogP contribution in [0.1, 0.15) is 30.4 Å². The second kappa shape index (κ2) is 3.96. The summed E-state index contributed by atoms with van der Waals surface area (Å²) in [5.74, 6) is 1.90. The molecule has 0 saturated heterocycles. The van der Waals surface area contributed by atoms with Gasteiger partial charge in [-0.3, -0.25) is 0 Å². The monoisotopic (exact) mass is 231 g/mol. The molecule has 1 saturated carbocycles. The lowest BCUT2D eigenvalue weighted by Crippen LogP contribution is -2.00. The largest absolute Gasteiger partial charge is 0.497 e. The van der Waals surface area contributed by atoms with Crippen molar-refractivity contribution in [1.29, 1.82) is 5.26 Å². The third-order valence-corrected chi connectivity index (χ3v) is 3.62. The summed E-state index contributed by atoms with van der Waals surface area (Å²) in [6.45, 7) is 4.04. The van der Waals surface area contributed by atoms with Gasteiger partial charge in [0.25, 0.3) is 0 Å². The lowest BCUT2D eigenvalue weighted by Gasteiger charge is -2.14. The molecule has 0 N–H and O–H groups in total. The van der Waals surface area contributed by atoms with Crippen LogP contribution in [0.4, 0.5) is 0 Å². The minimum absolute atomic E-state index is 0.230. The van der Waals surface area contributed by atoms with Crippen molar-refractivity contribution in [1.82, 2.24) is 0 Å². The van der Waals surface area contributed by atoms with Crippen molar-refractivity contribution in [3.05, 3.63) is 23.3 Å². The predicted molar refractivity (Wildman–Crippen MR) is 65.4 cm³/mol. The van der Waals surface area contributed by atoms with Crippen LogP contribution < -0.4 is 9.47 Å². The molecule has 2 unspecified atom stereocenters. The van der Waals surface area contributed by atoms with E-state index in [1.165, 1.54) is 0 Å². The van der Waals surface area contributed by atoms with Gasteiger partial charge in [0.15, 0.2) is 0 Å². The van der Waals surface area contributed by atoms with Crippen LogP contribution >= 0.6 is 0 Å². The van der Waals surface area contributed by atoms with Crippen LogP contribution in [0.3, 0.4) is 0 Å². The summed E-state index contributed by atoms with van der Waals surface area (Å²) in [6, 6.07) is 6.27. The number of nitrogens with zero attached hydrogens (tertiary/aromatic N) is 1. The molecule has 0 heterocycles. The standard InChI is InChI=1S/C14H17NO2/c1-9-5-10(16-3)6-12(17-4)13(9)11-7-14(11,2)8-15/h5-6,11H,7H2,1-4H3. The van der Waals surface area contributed by atoms with Gasteiger partial charge < -0.3 is 9.47 Å². The number of ether oxygens (including phenoxy) is 2. The lowest BCUT2D eigenvalue weighted by molar-refractivity contribution is 0.389. The lowest BCUT2D eigenvalue weighted by atomic mass is 9.97. The fourth-order valence-corrected chi connectivity index (χ4v) is 2.38. The van der Waals surface area contributed by atoms with E-state index in [1.807, 2.05) is 26.0 Å². The van der Waals surface area contributed by atoms with Gasteiger partial charge in [0.2, 0.25) is 0 Å². The number of hydrogen-bond acceptors (Lipinski definition) is 3. The average Bonchev–Trinajstić information content (AvgIpc) is 3.00. The minimum Gasteiger partial charge on any atom is -0.497 e. The molecule has 1 aliphatic carbocycles. The number of aryl methyl sites for hydroxylation is 1. The first-order valence-corrected chi connectivity index (χ1v) is 5.69. The molecular weight excluding hydrogens is 214 g/mol. The van der Waals surface area contributed by atoms with E-state index in [9.17, 15) is 0 Å². The zero-order valence-electron chi connectivity index (χ0n) is 10.7. The molecule has 0 radical (unpaired) electrons. The van der Waals surface area contributed by atoms with E-state index >= 15 is 0 Å². The number of benzene rings is 1. The zero-order chi connectivity index (χ0) is 12.6. The first-order chi connectivity index (χ1) is 8.05. The van der Waals surface area contributed by atoms with Crippen molar-refractivity contribution < 1.29 is 9.47 Å². The van der Waals surface area contributed by atoms with E-state index in [0.717, 1.165) is 29.0 Å². The number of rotatable bonds is 3. The van der Waals surface area contributed by atoms with E-state index in [0.29, 0.717) is 0 Å². The molecule has 1 aliphatic rings. The molecule has 1 aromatic rings. The Balaban J connectivity index is 2.45. The fraction of sp³-hybridized carbons (Fsp3) is 0.500. The minimum atomic E-state index is -0.230. The van der Waals surface area contributed by atoms with E-state index < -0.39 is 0 Å². The summed E-state index contributed by atoms with van der Waals surface area (Å²) in [4.78, 5) is 0. The molecule has 1 fully saturated rings. The van der Waals surface area contributed by atoms with E-state index in [4.69, 9.17) is 14.7 Å². The van der Waals surface area contributed by atoms with Gasteiger partial charge in [-0.2, -0.15) is 5.26 Å². The predicted octanol–water partition coefficient (Wildman–Crippen LogP) is 3.03. The third kappa shape index (κ3) is 1.84. The fourth-order valence-electron chi connectivity index (χ4n) is 2.38. The quantitative estimate of drug-likeness (QED) is 0.803. The molecule has 3 nitrogen and oxygen atoms in total. The molecule has 17 heavy (non-hydrogen) atoms. The van der Waals surface area contributed by atoms with E-state index in [-0.39, 0.29) is 11.3 Å². The van der Waals surface area contributed by atoms with E-state index in [1.54, 1.807) is 14.2 Å². The van der Waals surface area contributed by atoms with Gasteiger partial charge in [-0.25, -0.2) is 0 Å². The highest BCUT2D eigenvalue weighted by Gasteiger charge is 2.53. The molecule has 0 spiro atoms. The Hall–Kier alpha value is -1.69. The van der Waals surface area contributed by atoms with E-state index in [2.05, 4.69) is 6.07 Å². The first-order valence-electron chi connectivity index (χ1n) is 5.69. The highest BCUT2D eigenvalue weighted by atomic mass is 16.5. The van der Waals surface area contributed by atoms with Gasteiger partial charge in [-0.05, 0) is 31.9 Å². The Morgan fingerprint density at radius 3 is 2.53 bits per heavy atom. The SMILES string of the molecule is COc1cc(C)c(C2CC2(C)C#N)c(OC)c1. The molecular formula is C14H17NO2. The summed E-state index contributed by atoms with van der Waals surface area (Å²) in [5, 5.41) is 9.14. The topological polar surface area (TPSA) is 42.2 Å². The maximum atomic E-state index is 9.14. The maximum absolute atomic E-state index is 9.14. The van der Waals surface area contributed by atoms with Crippen molar-refractivity contribution in [2.45, 2.75) is 26.2 Å². The Morgan fingerprint density at radius 1 is 1.35 bits per heavy atom. The number of nitriles is 1. The summed E-state index contributed by atoms with van der Waals surface area (Å²) in [7, 11) is 3.30. The normalized spacial score (nSPS) is 26.2. The van der Waals surface area contributed by atoms with Crippen LogP contribution in [-0.2, 0) is 0 Å². The van der Waals surface area contributed by atoms with Crippen LogP contribution in [0, 0.1) is 23.7 Å². The average molecular weight is 231 g/mol. The molecule has 1 aromatic carbocycles. The molecule has 90 valence electrons. The van der Waals surface area contributed by atoms with Crippen molar-refractivity contribution in [2.75, 3.05) is 14.2 Å². The smallest absolute Gasteiger partial charge is 0.126 e. The summed E-state index contributed by atoms with van der Waals surface area (Å²) >= 11 is 0. The van der Waals surface area contributed by atoms with Gasteiger partial charge in [0.05, 0.1) is 25.7 Å². The molecule has 0 aliphatic heterocycles. The summed E-state index contributed by atoms with van der Waals surface area (Å²) in [6.07, 6.45) is 0.910.